The fourth-order valence-electron chi connectivity index (χ4n) is 3.98. The summed E-state index contributed by atoms with van der Waals surface area (Å²) in [7, 11) is 0. The Balaban J connectivity index is 1.27. The zero-order valence-electron chi connectivity index (χ0n) is 17.7. The number of hydrogen-bond acceptors (Lipinski definition) is 3. The molecule has 4 rings (SSSR count). The molecule has 162 valence electrons. The van der Waals surface area contributed by atoms with Gasteiger partial charge in [-0.05, 0) is 48.9 Å². The Kier molecular flexibility index (Phi) is 6.65. The highest BCUT2D eigenvalue weighted by Gasteiger charge is 2.30. The van der Waals surface area contributed by atoms with Crippen LogP contribution in [0.1, 0.15) is 36.8 Å². The molecule has 1 heterocycles. The highest BCUT2D eigenvalue weighted by atomic mass is 16.2. The average molecular weight is 420 g/mol. The summed E-state index contributed by atoms with van der Waals surface area (Å²) in [5.74, 6) is 0.0875. The molecule has 1 aliphatic carbocycles. The highest BCUT2D eigenvalue weighted by Crippen LogP contribution is 2.30. The smallest absolute Gasteiger partial charge is 0.227 e. The Hall–Kier alpha value is -3.15. The molecule has 2 N–H and O–H groups in total. The fraction of sp³-hybridized carbons (Fsp3) is 0.400. The van der Waals surface area contributed by atoms with Gasteiger partial charge in [-0.3, -0.25) is 14.4 Å². The summed E-state index contributed by atoms with van der Waals surface area (Å²) in [5.41, 5.74) is 2.70. The first-order valence-corrected chi connectivity index (χ1v) is 11.1. The van der Waals surface area contributed by atoms with Crippen molar-refractivity contribution in [2.24, 2.45) is 11.8 Å². The van der Waals surface area contributed by atoms with Gasteiger partial charge in [0.2, 0.25) is 17.7 Å². The van der Waals surface area contributed by atoms with Gasteiger partial charge < -0.3 is 15.5 Å². The maximum atomic E-state index is 12.7. The number of rotatable bonds is 7. The molecule has 3 amide bonds. The zero-order valence-corrected chi connectivity index (χ0v) is 17.7. The summed E-state index contributed by atoms with van der Waals surface area (Å²) in [6.45, 7) is 1.58. The van der Waals surface area contributed by atoms with Gasteiger partial charge in [-0.25, -0.2) is 0 Å². The van der Waals surface area contributed by atoms with Crippen molar-refractivity contribution in [3.05, 3.63) is 65.7 Å². The Morgan fingerprint density at radius 3 is 2.42 bits per heavy atom. The molecule has 2 fully saturated rings. The maximum absolute atomic E-state index is 12.7. The minimum Gasteiger partial charge on any atom is -0.352 e. The molecule has 31 heavy (non-hydrogen) atoms. The number of carbonyl (C=O) groups excluding carboxylic acids is 3. The lowest BCUT2D eigenvalue weighted by Crippen LogP contribution is -2.45. The summed E-state index contributed by atoms with van der Waals surface area (Å²) in [5, 5.41) is 5.94. The van der Waals surface area contributed by atoms with Crippen molar-refractivity contribution in [2.75, 3.05) is 18.4 Å². The van der Waals surface area contributed by atoms with Crippen molar-refractivity contribution in [2.45, 2.75) is 38.6 Å². The van der Waals surface area contributed by atoms with Crippen LogP contribution in [0.15, 0.2) is 54.6 Å². The van der Waals surface area contributed by atoms with Gasteiger partial charge >= 0.3 is 0 Å². The molecule has 1 atom stereocenters. The van der Waals surface area contributed by atoms with Crippen molar-refractivity contribution in [3.8, 4) is 0 Å². The number of carbonyl (C=O) groups is 3. The third-order valence-corrected chi connectivity index (χ3v) is 5.95. The number of nitrogens with zero attached hydrogens (tertiary/aromatic N) is 1. The van der Waals surface area contributed by atoms with E-state index in [-0.39, 0.29) is 29.6 Å². The van der Waals surface area contributed by atoms with Gasteiger partial charge in [-0.2, -0.15) is 0 Å². The van der Waals surface area contributed by atoms with E-state index < -0.39 is 0 Å². The molecule has 2 aromatic rings. The van der Waals surface area contributed by atoms with Gasteiger partial charge in [-0.15, -0.1) is 0 Å². The molecule has 0 aromatic heterocycles. The highest BCUT2D eigenvalue weighted by molar-refractivity contribution is 5.94. The van der Waals surface area contributed by atoms with Crippen molar-refractivity contribution in [3.63, 3.8) is 0 Å². The van der Waals surface area contributed by atoms with Crippen LogP contribution >= 0.6 is 0 Å². The average Bonchev–Trinajstić information content (AvgIpc) is 3.64. The van der Waals surface area contributed by atoms with Gasteiger partial charge in [0, 0.05) is 31.2 Å². The summed E-state index contributed by atoms with van der Waals surface area (Å²) in [6, 6.07) is 17.3. The van der Waals surface area contributed by atoms with Crippen LogP contribution in [0.4, 0.5) is 5.69 Å². The summed E-state index contributed by atoms with van der Waals surface area (Å²) in [6.07, 6.45) is 3.93. The van der Waals surface area contributed by atoms with Gasteiger partial charge in [0.1, 0.15) is 0 Å². The molecule has 1 aliphatic heterocycles. The second-order valence-electron chi connectivity index (χ2n) is 8.52. The van der Waals surface area contributed by atoms with Crippen LogP contribution in [-0.2, 0) is 27.3 Å². The van der Waals surface area contributed by atoms with E-state index >= 15 is 0 Å². The Morgan fingerprint density at radius 2 is 1.65 bits per heavy atom. The van der Waals surface area contributed by atoms with E-state index in [9.17, 15) is 14.4 Å². The Bertz CT molecular complexity index is 940. The first-order chi connectivity index (χ1) is 15.1. The number of likely N-dealkylation sites (tertiary alicyclic amines) is 1. The van der Waals surface area contributed by atoms with Crippen molar-refractivity contribution < 1.29 is 14.4 Å². The molecule has 1 saturated heterocycles. The fourth-order valence-corrected chi connectivity index (χ4v) is 3.98. The monoisotopic (exact) mass is 419 g/mol. The molecule has 6 nitrogen and oxygen atoms in total. The van der Waals surface area contributed by atoms with E-state index in [2.05, 4.69) is 10.6 Å². The van der Waals surface area contributed by atoms with E-state index in [1.165, 1.54) is 0 Å². The number of amides is 3. The maximum Gasteiger partial charge on any atom is 0.227 e. The summed E-state index contributed by atoms with van der Waals surface area (Å²) < 4.78 is 0. The lowest BCUT2D eigenvalue weighted by atomic mass is 9.96. The van der Waals surface area contributed by atoms with E-state index in [0.29, 0.717) is 26.1 Å². The van der Waals surface area contributed by atoms with E-state index in [1.54, 1.807) is 0 Å². The molecular weight excluding hydrogens is 390 g/mol. The third-order valence-electron chi connectivity index (χ3n) is 5.95. The molecular formula is C25H29N3O3. The molecule has 0 bridgehead atoms. The standard InChI is InChI=1S/C25H29N3O3/c29-23(15-18-6-2-1-3-7-18)28-13-5-9-21(17-28)24(30)26-16-19-8-4-10-22(14-19)27-25(31)20-11-12-20/h1-4,6-8,10,14,20-21H,5,9,11-13,15-17H2,(H,26,30)(H,27,31)/t21-/m1/s1. The lowest BCUT2D eigenvalue weighted by molar-refractivity contribution is -0.135. The predicted octanol–water partition coefficient (Wildman–Crippen LogP) is 3.13. The largest absolute Gasteiger partial charge is 0.352 e. The minimum atomic E-state index is -0.189. The number of anilines is 1. The number of nitrogens with one attached hydrogen (secondary N) is 2. The number of benzene rings is 2. The topological polar surface area (TPSA) is 78.5 Å². The molecule has 0 spiro atoms. The zero-order chi connectivity index (χ0) is 21.6. The third kappa shape index (κ3) is 5.94. The van der Waals surface area contributed by atoms with Crippen LogP contribution in [-0.4, -0.2) is 35.7 Å². The molecule has 2 aliphatic rings. The Morgan fingerprint density at radius 1 is 0.871 bits per heavy atom. The number of piperidine rings is 1. The van der Waals surface area contributed by atoms with Crippen LogP contribution in [0.2, 0.25) is 0 Å². The van der Waals surface area contributed by atoms with E-state index in [1.807, 2.05) is 59.5 Å². The summed E-state index contributed by atoms with van der Waals surface area (Å²) in [4.78, 5) is 39.2. The number of hydrogen-bond donors (Lipinski definition) is 2. The van der Waals surface area contributed by atoms with Crippen molar-refractivity contribution >= 4 is 23.4 Å². The summed E-state index contributed by atoms with van der Waals surface area (Å²) >= 11 is 0. The minimum absolute atomic E-state index is 0.0235. The van der Waals surface area contributed by atoms with Crippen LogP contribution in [0.3, 0.4) is 0 Å². The van der Waals surface area contributed by atoms with Crippen LogP contribution < -0.4 is 10.6 Å². The first-order valence-electron chi connectivity index (χ1n) is 11.1. The van der Waals surface area contributed by atoms with E-state index in [4.69, 9.17) is 0 Å². The SMILES string of the molecule is O=C(Nc1cccc(CNC(=O)[C@@H]2CCCN(C(=O)Cc3ccccc3)C2)c1)C1CC1. The van der Waals surface area contributed by atoms with Gasteiger partial charge in [0.25, 0.3) is 0 Å². The molecule has 0 unspecified atom stereocenters. The van der Waals surface area contributed by atoms with E-state index in [0.717, 1.165) is 42.5 Å². The van der Waals surface area contributed by atoms with Gasteiger partial charge in [0.15, 0.2) is 0 Å². The molecule has 6 heteroatoms. The molecule has 0 radical (unpaired) electrons. The van der Waals surface area contributed by atoms with Crippen molar-refractivity contribution in [1.82, 2.24) is 10.2 Å². The normalized spacial score (nSPS) is 18.3. The van der Waals surface area contributed by atoms with Crippen LogP contribution in [0.25, 0.3) is 0 Å². The van der Waals surface area contributed by atoms with Gasteiger partial charge in [0.05, 0.1) is 12.3 Å². The van der Waals surface area contributed by atoms with Crippen LogP contribution in [0.5, 0.6) is 0 Å². The quantitative estimate of drug-likeness (QED) is 0.724. The van der Waals surface area contributed by atoms with Crippen molar-refractivity contribution in [1.29, 1.82) is 0 Å². The van der Waals surface area contributed by atoms with Gasteiger partial charge in [-0.1, -0.05) is 42.5 Å². The predicted molar refractivity (Wildman–Crippen MR) is 119 cm³/mol. The van der Waals surface area contributed by atoms with Crippen LogP contribution in [0, 0.1) is 11.8 Å². The lowest BCUT2D eigenvalue weighted by Gasteiger charge is -2.32. The first kappa shape index (κ1) is 21.1. The second kappa shape index (κ2) is 9.77. The molecule has 1 saturated carbocycles. The second-order valence-corrected chi connectivity index (χ2v) is 8.52. The molecule has 2 aromatic carbocycles. The Labute approximate surface area is 183 Å².